The molecule has 2 heteroatoms. The number of aryl methyl sites for hydroxylation is 2. The standard InChI is InChI=1S/C19H15NO/c1-12-8-15-17-11-20-10-16(14-6-4-3-5-7-14)19(17)21-18(15)9-13(12)2/h3-11H,1-2H3. The van der Waals surface area contributed by atoms with E-state index in [1.54, 1.807) is 0 Å². The number of fused-ring (bicyclic) bond motifs is 3. The molecule has 0 fully saturated rings. The van der Waals surface area contributed by atoms with Crippen LogP contribution in [0.5, 0.6) is 0 Å². The number of benzene rings is 2. The summed E-state index contributed by atoms with van der Waals surface area (Å²) < 4.78 is 6.13. The average molecular weight is 273 g/mol. The summed E-state index contributed by atoms with van der Waals surface area (Å²) in [5.41, 5.74) is 6.53. The van der Waals surface area contributed by atoms with Crippen molar-refractivity contribution in [3.8, 4) is 11.1 Å². The smallest absolute Gasteiger partial charge is 0.146 e. The van der Waals surface area contributed by atoms with E-state index in [1.807, 2.05) is 30.6 Å². The van der Waals surface area contributed by atoms with Gasteiger partial charge in [0.05, 0.1) is 0 Å². The Morgan fingerprint density at radius 2 is 1.62 bits per heavy atom. The number of aromatic nitrogens is 1. The van der Waals surface area contributed by atoms with Crippen LogP contribution in [0.3, 0.4) is 0 Å². The lowest BCUT2D eigenvalue weighted by molar-refractivity contribution is 0.669. The Balaban J connectivity index is 2.11. The summed E-state index contributed by atoms with van der Waals surface area (Å²) in [7, 11) is 0. The topological polar surface area (TPSA) is 26.0 Å². The lowest BCUT2D eigenvalue weighted by atomic mass is 10.0. The Labute approximate surface area is 123 Å². The molecule has 0 aliphatic carbocycles. The molecule has 0 saturated heterocycles. The van der Waals surface area contributed by atoms with Crippen LogP contribution < -0.4 is 0 Å². The lowest BCUT2D eigenvalue weighted by Crippen LogP contribution is -1.81. The van der Waals surface area contributed by atoms with Crippen LogP contribution in [-0.2, 0) is 0 Å². The highest BCUT2D eigenvalue weighted by molar-refractivity contribution is 6.09. The minimum atomic E-state index is 0.913. The van der Waals surface area contributed by atoms with E-state index in [0.29, 0.717) is 0 Å². The summed E-state index contributed by atoms with van der Waals surface area (Å²) >= 11 is 0. The van der Waals surface area contributed by atoms with Crippen LogP contribution in [0.15, 0.2) is 59.3 Å². The zero-order valence-electron chi connectivity index (χ0n) is 12.1. The zero-order valence-corrected chi connectivity index (χ0v) is 12.1. The molecule has 102 valence electrons. The SMILES string of the molecule is Cc1cc2oc3c(-c4ccccc4)cncc3c2cc1C. The van der Waals surface area contributed by atoms with Crippen LogP contribution in [0, 0.1) is 13.8 Å². The molecule has 0 N–H and O–H groups in total. The Bertz CT molecular complexity index is 952. The molecular formula is C19H15NO. The van der Waals surface area contributed by atoms with Crippen molar-refractivity contribution in [2.75, 3.05) is 0 Å². The summed E-state index contributed by atoms with van der Waals surface area (Å²) in [5, 5.41) is 2.22. The van der Waals surface area contributed by atoms with Gasteiger partial charge in [0.2, 0.25) is 0 Å². The van der Waals surface area contributed by atoms with Crippen molar-refractivity contribution in [1.82, 2.24) is 4.98 Å². The molecule has 0 saturated carbocycles. The molecule has 2 aromatic heterocycles. The van der Waals surface area contributed by atoms with Crippen molar-refractivity contribution in [1.29, 1.82) is 0 Å². The maximum atomic E-state index is 6.13. The van der Waals surface area contributed by atoms with E-state index in [2.05, 4.69) is 43.1 Å². The van der Waals surface area contributed by atoms with Crippen molar-refractivity contribution in [2.45, 2.75) is 13.8 Å². The average Bonchev–Trinajstić information content (AvgIpc) is 2.86. The maximum absolute atomic E-state index is 6.13. The Hall–Kier alpha value is -2.61. The van der Waals surface area contributed by atoms with Gasteiger partial charge in [-0.2, -0.15) is 0 Å². The van der Waals surface area contributed by atoms with E-state index >= 15 is 0 Å². The van der Waals surface area contributed by atoms with Crippen LogP contribution in [-0.4, -0.2) is 4.98 Å². The molecule has 0 amide bonds. The van der Waals surface area contributed by atoms with Crippen LogP contribution in [0.4, 0.5) is 0 Å². The quantitative estimate of drug-likeness (QED) is 0.472. The van der Waals surface area contributed by atoms with Crippen LogP contribution in [0.25, 0.3) is 33.1 Å². The molecule has 4 rings (SSSR count). The largest absolute Gasteiger partial charge is 0.455 e. The lowest BCUT2D eigenvalue weighted by Gasteiger charge is -2.01. The van der Waals surface area contributed by atoms with E-state index in [1.165, 1.54) is 11.1 Å². The van der Waals surface area contributed by atoms with Crippen molar-refractivity contribution >= 4 is 21.9 Å². The van der Waals surface area contributed by atoms with Gasteiger partial charge < -0.3 is 4.42 Å². The van der Waals surface area contributed by atoms with Gasteiger partial charge in [-0.15, -0.1) is 0 Å². The molecular weight excluding hydrogens is 258 g/mol. The maximum Gasteiger partial charge on any atom is 0.146 e. The molecule has 4 aromatic rings. The molecule has 0 bridgehead atoms. The van der Waals surface area contributed by atoms with Gasteiger partial charge in [-0.25, -0.2) is 0 Å². The monoisotopic (exact) mass is 273 g/mol. The van der Waals surface area contributed by atoms with Crippen LogP contribution in [0.2, 0.25) is 0 Å². The fourth-order valence-electron chi connectivity index (χ4n) is 2.77. The first-order chi connectivity index (χ1) is 10.2. The third-order valence-electron chi connectivity index (χ3n) is 4.08. The first-order valence-corrected chi connectivity index (χ1v) is 7.07. The van der Waals surface area contributed by atoms with Crippen molar-refractivity contribution < 1.29 is 4.42 Å². The van der Waals surface area contributed by atoms with Gasteiger partial charge in [0, 0.05) is 28.7 Å². The summed E-state index contributed by atoms with van der Waals surface area (Å²) in [5.74, 6) is 0. The second-order valence-electron chi connectivity index (χ2n) is 5.46. The first-order valence-electron chi connectivity index (χ1n) is 7.07. The first kappa shape index (κ1) is 12.2. The highest BCUT2D eigenvalue weighted by atomic mass is 16.3. The molecule has 0 radical (unpaired) electrons. The number of hydrogen-bond acceptors (Lipinski definition) is 2. The molecule has 0 atom stereocenters. The third-order valence-corrected chi connectivity index (χ3v) is 4.08. The van der Waals surface area contributed by atoms with Gasteiger partial charge in [0.15, 0.2) is 0 Å². The minimum Gasteiger partial charge on any atom is -0.455 e. The van der Waals surface area contributed by atoms with E-state index in [9.17, 15) is 0 Å². The fraction of sp³-hybridized carbons (Fsp3) is 0.105. The van der Waals surface area contributed by atoms with Crippen molar-refractivity contribution in [3.05, 3.63) is 66.0 Å². The highest BCUT2D eigenvalue weighted by Gasteiger charge is 2.13. The van der Waals surface area contributed by atoms with E-state index in [4.69, 9.17) is 4.42 Å². The fourth-order valence-corrected chi connectivity index (χ4v) is 2.77. The number of rotatable bonds is 1. The van der Waals surface area contributed by atoms with Crippen molar-refractivity contribution in [2.24, 2.45) is 0 Å². The minimum absolute atomic E-state index is 0.913. The molecule has 2 aromatic carbocycles. The predicted octanol–water partition coefficient (Wildman–Crippen LogP) is 5.26. The second kappa shape index (κ2) is 4.45. The van der Waals surface area contributed by atoms with E-state index < -0.39 is 0 Å². The summed E-state index contributed by atoms with van der Waals surface area (Å²) in [6, 6.07) is 14.5. The zero-order chi connectivity index (χ0) is 14.4. The number of furan rings is 1. The summed E-state index contributed by atoms with van der Waals surface area (Å²) in [6.07, 6.45) is 3.77. The number of pyridine rings is 1. The van der Waals surface area contributed by atoms with Gasteiger partial charge in [-0.05, 0) is 42.7 Å². The normalized spacial score (nSPS) is 11.3. The predicted molar refractivity (Wildman–Crippen MR) is 86.4 cm³/mol. The van der Waals surface area contributed by atoms with Gasteiger partial charge in [0.1, 0.15) is 11.2 Å². The third kappa shape index (κ3) is 1.83. The Kier molecular flexibility index (Phi) is 2.58. The molecule has 2 nitrogen and oxygen atoms in total. The van der Waals surface area contributed by atoms with Gasteiger partial charge >= 0.3 is 0 Å². The highest BCUT2D eigenvalue weighted by Crippen LogP contribution is 2.35. The molecule has 21 heavy (non-hydrogen) atoms. The number of hydrogen-bond donors (Lipinski definition) is 0. The van der Waals surface area contributed by atoms with Gasteiger partial charge in [0.25, 0.3) is 0 Å². The number of nitrogens with zero attached hydrogens (tertiary/aromatic N) is 1. The molecule has 0 aliphatic rings. The van der Waals surface area contributed by atoms with Crippen LogP contribution >= 0.6 is 0 Å². The van der Waals surface area contributed by atoms with Crippen LogP contribution in [0.1, 0.15) is 11.1 Å². The molecule has 0 aliphatic heterocycles. The Morgan fingerprint density at radius 3 is 2.43 bits per heavy atom. The molecule has 0 unspecified atom stereocenters. The summed E-state index contributed by atoms with van der Waals surface area (Å²) in [6.45, 7) is 4.24. The van der Waals surface area contributed by atoms with Gasteiger partial charge in [-0.1, -0.05) is 30.3 Å². The Morgan fingerprint density at radius 1 is 0.857 bits per heavy atom. The van der Waals surface area contributed by atoms with E-state index in [0.717, 1.165) is 33.1 Å². The second-order valence-corrected chi connectivity index (χ2v) is 5.46. The summed E-state index contributed by atoms with van der Waals surface area (Å²) in [4.78, 5) is 4.40. The van der Waals surface area contributed by atoms with E-state index in [-0.39, 0.29) is 0 Å². The molecule has 0 spiro atoms. The van der Waals surface area contributed by atoms with Gasteiger partial charge in [-0.3, -0.25) is 4.98 Å². The molecule has 2 heterocycles. The van der Waals surface area contributed by atoms with Crippen molar-refractivity contribution in [3.63, 3.8) is 0 Å².